The van der Waals surface area contributed by atoms with E-state index in [1.54, 1.807) is 24.3 Å². The van der Waals surface area contributed by atoms with Crippen molar-refractivity contribution < 1.29 is 9.52 Å². The van der Waals surface area contributed by atoms with Gasteiger partial charge in [0.2, 0.25) is 6.20 Å². The predicted octanol–water partition coefficient (Wildman–Crippen LogP) is 1.13. The molecule has 80 valence electrons. The summed E-state index contributed by atoms with van der Waals surface area (Å²) in [4.78, 5) is 12.0. The molecule has 1 aromatic carbocycles. The zero-order valence-corrected chi connectivity index (χ0v) is 8.46. The fraction of sp³-hybridized carbons (Fsp3) is 0. The quantitative estimate of drug-likeness (QED) is 0.463. The molecule has 16 heavy (non-hydrogen) atoms. The van der Waals surface area contributed by atoms with E-state index in [9.17, 15) is 10.0 Å². The number of hydrogen-bond acceptors (Lipinski definition) is 3. The second kappa shape index (κ2) is 4.02. The molecule has 0 aliphatic rings. The van der Waals surface area contributed by atoms with E-state index in [0.29, 0.717) is 15.9 Å². The number of nitrogens with two attached hydrogens (primary N) is 1. The number of anilines is 1. The summed E-state index contributed by atoms with van der Waals surface area (Å²) in [6, 6.07) is 10.2. The molecule has 0 radical (unpaired) electrons. The highest BCUT2D eigenvalue weighted by Gasteiger charge is 2.13. The van der Waals surface area contributed by atoms with Gasteiger partial charge in [-0.3, -0.25) is 4.79 Å². The lowest BCUT2D eigenvalue weighted by Gasteiger charge is -2.04. The van der Waals surface area contributed by atoms with Crippen LogP contribution in [0, 0.1) is 5.21 Å². The van der Waals surface area contributed by atoms with Crippen LogP contribution in [0.1, 0.15) is 15.9 Å². The second-order valence-electron chi connectivity index (χ2n) is 3.37. The molecule has 1 aromatic heterocycles. The van der Waals surface area contributed by atoms with Crippen molar-refractivity contribution in [3.63, 3.8) is 0 Å². The average molecular weight is 214 g/mol. The summed E-state index contributed by atoms with van der Waals surface area (Å²) in [6.07, 6.45) is 2.43. The van der Waals surface area contributed by atoms with Crippen molar-refractivity contribution in [3.05, 3.63) is 65.1 Å². The highest BCUT2D eigenvalue weighted by Crippen LogP contribution is 2.14. The van der Waals surface area contributed by atoms with E-state index < -0.39 is 0 Å². The Bertz CT molecular complexity index is 524. The number of rotatable bonds is 2. The number of aromatic nitrogens is 1. The number of pyridine rings is 1. The summed E-state index contributed by atoms with van der Waals surface area (Å²) in [6.45, 7) is 0. The summed E-state index contributed by atoms with van der Waals surface area (Å²) >= 11 is 0. The Morgan fingerprint density at radius 3 is 2.50 bits per heavy atom. The van der Waals surface area contributed by atoms with Gasteiger partial charge in [0, 0.05) is 11.6 Å². The third-order valence-corrected chi connectivity index (χ3v) is 2.25. The maximum absolute atomic E-state index is 12.0. The first kappa shape index (κ1) is 10.2. The summed E-state index contributed by atoms with van der Waals surface area (Å²) in [5, 5.41) is 10.9. The largest absolute Gasteiger partial charge is 0.619 e. The fourth-order valence-electron chi connectivity index (χ4n) is 1.45. The van der Waals surface area contributed by atoms with Crippen LogP contribution in [0.5, 0.6) is 0 Å². The van der Waals surface area contributed by atoms with Crippen LogP contribution in [0.3, 0.4) is 0 Å². The van der Waals surface area contributed by atoms with Crippen molar-refractivity contribution >= 4 is 11.5 Å². The number of ketones is 1. The van der Waals surface area contributed by atoms with Crippen LogP contribution in [0.25, 0.3) is 0 Å². The van der Waals surface area contributed by atoms with Gasteiger partial charge in [0.1, 0.15) is 5.69 Å². The molecular weight excluding hydrogens is 204 g/mol. The van der Waals surface area contributed by atoms with Crippen molar-refractivity contribution in [2.45, 2.75) is 0 Å². The second-order valence-corrected chi connectivity index (χ2v) is 3.37. The minimum atomic E-state index is -0.182. The van der Waals surface area contributed by atoms with Crippen molar-refractivity contribution in [1.82, 2.24) is 0 Å². The molecule has 0 atom stereocenters. The van der Waals surface area contributed by atoms with E-state index >= 15 is 0 Å². The Morgan fingerprint density at radius 1 is 1.19 bits per heavy atom. The number of benzene rings is 1. The number of carbonyl (C=O) groups excluding carboxylic acids is 1. The standard InChI is InChI=1S/C12H10N2O2/c13-11-8-14(16)7-6-10(11)12(15)9-4-2-1-3-5-9/h1-8H,13H2. The van der Waals surface area contributed by atoms with E-state index in [2.05, 4.69) is 0 Å². The minimum absolute atomic E-state index is 0.182. The van der Waals surface area contributed by atoms with Crippen LogP contribution >= 0.6 is 0 Å². The van der Waals surface area contributed by atoms with Crippen molar-refractivity contribution in [2.75, 3.05) is 5.73 Å². The third kappa shape index (κ3) is 1.86. The van der Waals surface area contributed by atoms with Gasteiger partial charge in [-0.15, -0.1) is 0 Å². The molecule has 0 saturated heterocycles. The van der Waals surface area contributed by atoms with E-state index in [4.69, 9.17) is 5.73 Å². The van der Waals surface area contributed by atoms with Gasteiger partial charge in [0.25, 0.3) is 0 Å². The monoisotopic (exact) mass is 214 g/mol. The fourth-order valence-corrected chi connectivity index (χ4v) is 1.45. The number of nitrogen functional groups attached to an aromatic ring is 1. The Morgan fingerprint density at radius 2 is 1.88 bits per heavy atom. The first-order chi connectivity index (χ1) is 7.68. The number of hydrogen-bond donors (Lipinski definition) is 1. The highest BCUT2D eigenvalue weighted by atomic mass is 16.5. The summed E-state index contributed by atoms with van der Waals surface area (Å²) < 4.78 is 0.567. The third-order valence-electron chi connectivity index (χ3n) is 2.25. The molecule has 0 fully saturated rings. The van der Waals surface area contributed by atoms with Crippen LogP contribution in [-0.2, 0) is 0 Å². The van der Waals surface area contributed by atoms with Gasteiger partial charge in [-0.1, -0.05) is 30.3 Å². The lowest BCUT2D eigenvalue weighted by Crippen LogP contribution is -2.26. The molecule has 0 aliphatic heterocycles. The molecule has 0 unspecified atom stereocenters. The van der Waals surface area contributed by atoms with E-state index in [1.807, 2.05) is 6.07 Å². The molecule has 2 N–H and O–H groups in total. The van der Waals surface area contributed by atoms with Crippen LogP contribution < -0.4 is 10.5 Å². The molecule has 0 spiro atoms. The topological polar surface area (TPSA) is 70.0 Å². The van der Waals surface area contributed by atoms with Gasteiger partial charge in [0.15, 0.2) is 12.0 Å². The zero-order valence-electron chi connectivity index (χ0n) is 8.46. The Labute approximate surface area is 92.5 Å². The van der Waals surface area contributed by atoms with Gasteiger partial charge in [0.05, 0.1) is 5.56 Å². The Hall–Kier alpha value is -2.36. The summed E-state index contributed by atoms with van der Waals surface area (Å²) in [7, 11) is 0. The van der Waals surface area contributed by atoms with Crippen LogP contribution in [0.2, 0.25) is 0 Å². The molecule has 4 nitrogen and oxygen atoms in total. The van der Waals surface area contributed by atoms with Gasteiger partial charge in [-0.05, 0) is 0 Å². The maximum atomic E-state index is 12.0. The van der Waals surface area contributed by atoms with E-state index in [1.165, 1.54) is 18.5 Å². The molecule has 0 bridgehead atoms. The van der Waals surface area contributed by atoms with Crippen LogP contribution in [0.15, 0.2) is 48.8 Å². The molecule has 0 aliphatic carbocycles. The van der Waals surface area contributed by atoms with Crippen molar-refractivity contribution in [1.29, 1.82) is 0 Å². The summed E-state index contributed by atoms with van der Waals surface area (Å²) in [5.74, 6) is -0.182. The average Bonchev–Trinajstić information content (AvgIpc) is 2.29. The molecule has 2 rings (SSSR count). The number of nitrogens with zero attached hydrogens (tertiary/aromatic N) is 1. The SMILES string of the molecule is Nc1c[n+]([O-])ccc1C(=O)c1ccccc1. The molecule has 2 aromatic rings. The van der Waals surface area contributed by atoms with Crippen LogP contribution in [0.4, 0.5) is 5.69 Å². The molecule has 1 heterocycles. The van der Waals surface area contributed by atoms with Gasteiger partial charge >= 0.3 is 0 Å². The molecule has 4 heteroatoms. The number of carbonyl (C=O) groups is 1. The lowest BCUT2D eigenvalue weighted by molar-refractivity contribution is -0.604. The highest BCUT2D eigenvalue weighted by molar-refractivity contribution is 6.11. The van der Waals surface area contributed by atoms with E-state index in [-0.39, 0.29) is 11.5 Å². The molecule has 0 amide bonds. The molecular formula is C12H10N2O2. The van der Waals surface area contributed by atoms with Gasteiger partial charge in [-0.2, -0.15) is 4.73 Å². The maximum Gasteiger partial charge on any atom is 0.204 e. The zero-order chi connectivity index (χ0) is 11.5. The normalized spacial score (nSPS) is 10.0. The first-order valence-corrected chi connectivity index (χ1v) is 4.76. The first-order valence-electron chi connectivity index (χ1n) is 4.76. The Balaban J connectivity index is 2.42. The Kier molecular flexibility index (Phi) is 2.55. The van der Waals surface area contributed by atoms with E-state index in [0.717, 1.165) is 0 Å². The minimum Gasteiger partial charge on any atom is -0.619 e. The smallest absolute Gasteiger partial charge is 0.204 e. The van der Waals surface area contributed by atoms with Gasteiger partial charge in [-0.25, -0.2) is 0 Å². The van der Waals surface area contributed by atoms with Crippen molar-refractivity contribution in [2.24, 2.45) is 0 Å². The van der Waals surface area contributed by atoms with Crippen LogP contribution in [-0.4, -0.2) is 5.78 Å². The lowest BCUT2D eigenvalue weighted by atomic mass is 10.0. The summed E-state index contributed by atoms with van der Waals surface area (Å²) in [5.41, 5.74) is 6.70. The predicted molar refractivity (Wildman–Crippen MR) is 59.7 cm³/mol. The molecule has 0 saturated carbocycles. The van der Waals surface area contributed by atoms with Gasteiger partial charge < -0.3 is 10.9 Å². The van der Waals surface area contributed by atoms with Crippen molar-refractivity contribution in [3.8, 4) is 0 Å².